The fourth-order valence-electron chi connectivity index (χ4n) is 2.84. The Morgan fingerprint density at radius 2 is 2.17 bits per heavy atom. The van der Waals surface area contributed by atoms with E-state index in [1.54, 1.807) is 0 Å². The molecule has 0 amide bonds. The van der Waals surface area contributed by atoms with E-state index >= 15 is 0 Å². The third-order valence-corrected chi connectivity index (χ3v) is 5.12. The smallest absolute Gasteiger partial charge is 0.323 e. The number of aliphatic carboxylic acids is 1. The van der Waals surface area contributed by atoms with Crippen molar-refractivity contribution in [3.63, 3.8) is 0 Å². The molecule has 1 saturated carbocycles. The van der Waals surface area contributed by atoms with E-state index < -0.39 is 11.5 Å². The van der Waals surface area contributed by atoms with Crippen molar-refractivity contribution in [3.05, 3.63) is 0 Å². The summed E-state index contributed by atoms with van der Waals surface area (Å²) in [4.78, 5) is 11.6. The molecular weight excluding hydrogens is 250 g/mol. The molecule has 1 aliphatic heterocycles. The van der Waals surface area contributed by atoms with E-state index in [9.17, 15) is 9.90 Å². The second-order valence-corrected chi connectivity index (χ2v) is 7.31. The van der Waals surface area contributed by atoms with Crippen molar-refractivity contribution in [3.8, 4) is 0 Å². The Morgan fingerprint density at radius 3 is 2.67 bits per heavy atom. The first-order valence-electron chi connectivity index (χ1n) is 6.76. The third-order valence-electron chi connectivity index (χ3n) is 3.67. The SMILES string of the molecule is CC(C)NC1(C(=O)O)CCCC(SC2COC2)C1. The van der Waals surface area contributed by atoms with Crippen LogP contribution in [0.3, 0.4) is 0 Å². The Balaban J connectivity index is 1.98. The number of hydrogen-bond donors (Lipinski definition) is 2. The molecule has 0 radical (unpaired) electrons. The summed E-state index contributed by atoms with van der Waals surface area (Å²) in [7, 11) is 0. The fraction of sp³-hybridized carbons (Fsp3) is 0.923. The van der Waals surface area contributed by atoms with Gasteiger partial charge in [-0.25, -0.2) is 0 Å². The summed E-state index contributed by atoms with van der Waals surface area (Å²) >= 11 is 1.93. The van der Waals surface area contributed by atoms with Crippen LogP contribution in [0.25, 0.3) is 0 Å². The summed E-state index contributed by atoms with van der Waals surface area (Å²) in [5.41, 5.74) is -0.714. The molecule has 2 fully saturated rings. The quantitative estimate of drug-likeness (QED) is 0.801. The standard InChI is InChI=1S/C13H23NO3S/c1-9(2)14-13(12(15)16)5-3-4-10(6-13)18-11-7-17-8-11/h9-11,14H,3-8H2,1-2H3,(H,15,16). The highest BCUT2D eigenvalue weighted by Crippen LogP contribution is 2.38. The van der Waals surface area contributed by atoms with Gasteiger partial charge in [-0.3, -0.25) is 10.1 Å². The summed E-state index contributed by atoms with van der Waals surface area (Å²) in [6.45, 7) is 5.69. The Kier molecular flexibility index (Phi) is 4.56. The van der Waals surface area contributed by atoms with E-state index in [1.807, 2.05) is 25.6 Å². The number of nitrogens with one attached hydrogen (secondary N) is 1. The lowest BCUT2D eigenvalue weighted by atomic mass is 9.81. The molecule has 0 spiro atoms. The summed E-state index contributed by atoms with van der Waals surface area (Å²) in [6, 6.07) is 0.205. The van der Waals surface area contributed by atoms with Gasteiger partial charge in [0.2, 0.25) is 0 Å². The zero-order valence-electron chi connectivity index (χ0n) is 11.1. The van der Waals surface area contributed by atoms with Gasteiger partial charge in [-0.2, -0.15) is 11.8 Å². The van der Waals surface area contributed by atoms with Crippen LogP contribution in [0.2, 0.25) is 0 Å². The van der Waals surface area contributed by atoms with Crippen LogP contribution in [0.1, 0.15) is 39.5 Å². The Labute approximate surface area is 113 Å². The van der Waals surface area contributed by atoms with E-state index in [-0.39, 0.29) is 6.04 Å². The number of thioether (sulfide) groups is 1. The van der Waals surface area contributed by atoms with Gasteiger partial charge in [0, 0.05) is 11.3 Å². The van der Waals surface area contributed by atoms with Gasteiger partial charge in [0.15, 0.2) is 0 Å². The summed E-state index contributed by atoms with van der Waals surface area (Å²) in [5, 5.41) is 13.9. The molecule has 2 N–H and O–H groups in total. The molecule has 0 aromatic rings. The topological polar surface area (TPSA) is 58.6 Å². The van der Waals surface area contributed by atoms with E-state index in [1.165, 1.54) is 0 Å². The average molecular weight is 273 g/mol. The first kappa shape index (κ1) is 14.2. The maximum absolute atomic E-state index is 11.6. The minimum absolute atomic E-state index is 0.205. The van der Waals surface area contributed by atoms with Gasteiger partial charge in [0.25, 0.3) is 0 Å². The monoisotopic (exact) mass is 273 g/mol. The Morgan fingerprint density at radius 1 is 1.44 bits per heavy atom. The van der Waals surface area contributed by atoms with Crippen molar-refractivity contribution in [1.29, 1.82) is 0 Å². The van der Waals surface area contributed by atoms with Crippen molar-refractivity contribution in [1.82, 2.24) is 5.32 Å². The molecule has 1 heterocycles. The number of carboxylic acid groups (broad SMARTS) is 1. The van der Waals surface area contributed by atoms with Crippen LogP contribution >= 0.6 is 11.8 Å². The van der Waals surface area contributed by atoms with Crippen LogP contribution in [0.4, 0.5) is 0 Å². The van der Waals surface area contributed by atoms with Crippen molar-refractivity contribution in [2.75, 3.05) is 13.2 Å². The van der Waals surface area contributed by atoms with Gasteiger partial charge in [-0.15, -0.1) is 0 Å². The number of carboxylic acids is 1. The maximum atomic E-state index is 11.6. The predicted octanol–water partition coefficient (Wildman–Crippen LogP) is 1.88. The zero-order valence-corrected chi connectivity index (χ0v) is 12.0. The van der Waals surface area contributed by atoms with Gasteiger partial charge in [0.1, 0.15) is 5.54 Å². The van der Waals surface area contributed by atoms with E-state index in [0.717, 1.165) is 38.9 Å². The Hall–Kier alpha value is -0.260. The van der Waals surface area contributed by atoms with Crippen molar-refractivity contribution in [2.45, 2.75) is 61.6 Å². The van der Waals surface area contributed by atoms with Crippen LogP contribution in [-0.4, -0.2) is 46.4 Å². The van der Waals surface area contributed by atoms with Gasteiger partial charge in [-0.1, -0.05) is 0 Å². The molecule has 0 aromatic carbocycles. The zero-order chi connectivity index (χ0) is 13.2. The highest BCUT2D eigenvalue weighted by atomic mass is 32.2. The molecule has 2 rings (SSSR count). The molecule has 18 heavy (non-hydrogen) atoms. The summed E-state index contributed by atoms with van der Waals surface area (Å²) < 4.78 is 5.19. The first-order chi connectivity index (χ1) is 8.52. The first-order valence-corrected chi connectivity index (χ1v) is 7.70. The molecule has 5 heteroatoms. The van der Waals surface area contributed by atoms with E-state index in [0.29, 0.717) is 10.5 Å². The van der Waals surface area contributed by atoms with Gasteiger partial charge in [-0.05, 0) is 39.5 Å². The second kappa shape index (κ2) is 5.80. The molecule has 2 unspecified atom stereocenters. The minimum Gasteiger partial charge on any atom is -0.480 e. The molecule has 1 aliphatic carbocycles. The molecule has 2 aliphatic rings. The lowest BCUT2D eigenvalue weighted by Crippen LogP contribution is -2.57. The number of carbonyl (C=O) groups is 1. The maximum Gasteiger partial charge on any atom is 0.323 e. The van der Waals surface area contributed by atoms with Gasteiger partial charge >= 0.3 is 5.97 Å². The van der Waals surface area contributed by atoms with Crippen LogP contribution in [0.15, 0.2) is 0 Å². The minimum atomic E-state index is -0.714. The van der Waals surface area contributed by atoms with Crippen LogP contribution < -0.4 is 5.32 Å². The molecule has 0 aromatic heterocycles. The molecule has 0 bridgehead atoms. The van der Waals surface area contributed by atoms with Gasteiger partial charge < -0.3 is 9.84 Å². The molecule has 4 nitrogen and oxygen atoms in total. The lowest BCUT2D eigenvalue weighted by molar-refractivity contribution is -0.146. The average Bonchev–Trinajstić information content (AvgIpc) is 2.23. The highest BCUT2D eigenvalue weighted by Gasteiger charge is 2.44. The third kappa shape index (κ3) is 3.19. The lowest BCUT2D eigenvalue weighted by Gasteiger charge is -2.41. The second-order valence-electron chi connectivity index (χ2n) is 5.70. The largest absolute Gasteiger partial charge is 0.480 e. The summed E-state index contributed by atoms with van der Waals surface area (Å²) in [5.74, 6) is -0.689. The molecule has 2 atom stereocenters. The molecular formula is C13H23NO3S. The number of rotatable bonds is 5. The summed E-state index contributed by atoms with van der Waals surface area (Å²) in [6.07, 6.45) is 3.62. The fourth-order valence-corrected chi connectivity index (χ4v) is 4.42. The van der Waals surface area contributed by atoms with Crippen LogP contribution in [-0.2, 0) is 9.53 Å². The van der Waals surface area contributed by atoms with E-state index in [4.69, 9.17) is 4.74 Å². The number of hydrogen-bond acceptors (Lipinski definition) is 4. The van der Waals surface area contributed by atoms with Crippen LogP contribution in [0, 0.1) is 0 Å². The van der Waals surface area contributed by atoms with Crippen molar-refractivity contribution < 1.29 is 14.6 Å². The van der Waals surface area contributed by atoms with Gasteiger partial charge in [0.05, 0.1) is 18.5 Å². The predicted molar refractivity (Wildman–Crippen MR) is 73.1 cm³/mol. The van der Waals surface area contributed by atoms with Crippen LogP contribution in [0.5, 0.6) is 0 Å². The molecule has 1 saturated heterocycles. The number of ether oxygens (including phenoxy) is 1. The van der Waals surface area contributed by atoms with Crippen molar-refractivity contribution >= 4 is 17.7 Å². The Bertz CT molecular complexity index is 307. The molecule has 104 valence electrons. The highest BCUT2D eigenvalue weighted by molar-refractivity contribution is 8.00. The van der Waals surface area contributed by atoms with E-state index in [2.05, 4.69) is 5.32 Å². The normalized spacial score (nSPS) is 33.4. The van der Waals surface area contributed by atoms with Crippen molar-refractivity contribution in [2.24, 2.45) is 0 Å².